The average Bonchev–Trinajstić information content (AvgIpc) is 3.94. The molecule has 13 aromatic rings. The van der Waals surface area contributed by atoms with Crippen molar-refractivity contribution in [3.05, 3.63) is 243 Å². The Labute approximate surface area is 392 Å². The molecule has 0 amide bonds. The monoisotopic (exact) mass is 868 g/mol. The molecule has 0 unspecified atom stereocenters. The fraction of sp³-hybridized carbons (Fsp3) is 0. The summed E-state index contributed by atoms with van der Waals surface area (Å²) < 4.78 is 4.77. The summed E-state index contributed by atoms with van der Waals surface area (Å²) in [6.07, 6.45) is 0. The molecule has 0 spiro atoms. The predicted octanol–water partition coefficient (Wildman–Crippen LogP) is 15.5. The minimum atomic E-state index is 0.592. The third-order valence-electron chi connectivity index (χ3n) is 13.0. The lowest BCUT2D eigenvalue weighted by molar-refractivity contribution is 1.13. The summed E-state index contributed by atoms with van der Waals surface area (Å²) in [6.45, 7) is 0. The van der Waals surface area contributed by atoms with Gasteiger partial charge in [-0.1, -0.05) is 182 Å². The van der Waals surface area contributed by atoms with Crippen LogP contribution in [0, 0.1) is 0 Å². The Morgan fingerprint density at radius 2 is 0.632 bits per heavy atom. The van der Waals surface area contributed by atoms with Crippen molar-refractivity contribution in [2.75, 3.05) is 0 Å². The molecule has 0 bridgehead atoms. The lowest BCUT2D eigenvalue weighted by atomic mass is 10.0. The van der Waals surface area contributed by atoms with Crippen LogP contribution in [0.5, 0.6) is 0 Å². The molecule has 0 aliphatic carbocycles. The van der Waals surface area contributed by atoms with Crippen LogP contribution in [0.1, 0.15) is 0 Å². The van der Waals surface area contributed by atoms with E-state index in [0.717, 1.165) is 100 Å². The Hall–Kier alpha value is -9.26. The molecular formula is C62H40N6. The molecule has 0 N–H and O–H groups in total. The number of benzene rings is 9. The summed E-state index contributed by atoms with van der Waals surface area (Å²) in [4.78, 5) is 21.5. The molecule has 0 aliphatic rings. The number of fused-ring (bicyclic) bond motifs is 6. The second-order valence-corrected chi connectivity index (χ2v) is 17.0. The van der Waals surface area contributed by atoms with E-state index in [4.69, 9.17) is 19.9 Å². The molecule has 6 heteroatoms. The molecule has 6 nitrogen and oxygen atoms in total. The van der Waals surface area contributed by atoms with E-state index in [0.29, 0.717) is 11.6 Å². The quantitative estimate of drug-likeness (QED) is 0.153. The van der Waals surface area contributed by atoms with E-state index in [-0.39, 0.29) is 0 Å². The number of nitrogens with zero attached hydrogens (tertiary/aromatic N) is 6. The highest BCUT2D eigenvalue weighted by molar-refractivity contribution is 6.12. The summed E-state index contributed by atoms with van der Waals surface area (Å²) in [5, 5.41) is 4.75. The van der Waals surface area contributed by atoms with E-state index in [9.17, 15) is 0 Å². The van der Waals surface area contributed by atoms with Gasteiger partial charge in [0.05, 0.1) is 50.5 Å². The molecule has 0 aliphatic heterocycles. The second-order valence-electron chi connectivity index (χ2n) is 17.0. The van der Waals surface area contributed by atoms with Gasteiger partial charge in [-0.05, 0) is 60.7 Å². The number of rotatable bonds is 8. The summed E-state index contributed by atoms with van der Waals surface area (Å²) in [7, 11) is 0. The highest BCUT2D eigenvalue weighted by Crippen LogP contribution is 2.41. The van der Waals surface area contributed by atoms with Crippen molar-refractivity contribution < 1.29 is 0 Å². The number of para-hydroxylation sites is 3. The van der Waals surface area contributed by atoms with Gasteiger partial charge in [-0.3, -0.25) is 0 Å². The van der Waals surface area contributed by atoms with Crippen molar-refractivity contribution in [1.82, 2.24) is 29.1 Å². The topological polar surface area (TPSA) is 61.4 Å². The van der Waals surface area contributed by atoms with Gasteiger partial charge in [0.2, 0.25) is 0 Å². The second kappa shape index (κ2) is 16.3. The van der Waals surface area contributed by atoms with Crippen LogP contribution in [0.15, 0.2) is 243 Å². The predicted molar refractivity (Wildman–Crippen MR) is 279 cm³/mol. The fourth-order valence-electron chi connectivity index (χ4n) is 9.78. The minimum Gasteiger partial charge on any atom is -0.309 e. The maximum Gasteiger partial charge on any atom is 0.162 e. The van der Waals surface area contributed by atoms with Crippen LogP contribution in [0.4, 0.5) is 0 Å². The van der Waals surface area contributed by atoms with E-state index in [1.165, 1.54) is 10.8 Å². The van der Waals surface area contributed by atoms with Crippen molar-refractivity contribution in [3.63, 3.8) is 0 Å². The normalized spacial score (nSPS) is 11.5. The largest absolute Gasteiger partial charge is 0.309 e. The number of hydrogen-bond acceptors (Lipinski definition) is 4. The maximum absolute atomic E-state index is 5.45. The molecule has 0 atom stereocenters. The van der Waals surface area contributed by atoms with Gasteiger partial charge < -0.3 is 9.13 Å². The van der Waals surface area contributed by atoms with E-state index in [1.54, 1.807) is 0 Å². The van der Waals surface area contributed by atoms with Gasteiger partial charge in [0.15, 0.2) is 11.6 Å². The van der Waals surface area contributed by atoms with Gasteiger partial charge in [0.1, 0.15) is 0 Å². The van der Waals surface area contributed by atoms with E-state index in [2.05, 4.69) is 203 Å². The van der Waals surface area contributed by atoms with Crippen LogP contribution < -0.4 is 0 Å². The first-order valence-electron chi connectivity index (χ1n) is 22.9. The number of aromatic nitrogens is 6. The van der Waals surface area contributed by atoms with Crippen LogP contribution >= 0.6 is 0 Å². The smallest absolute Gasteiger partial charge is 0.162 e. The SMILES string of the molecule is c1ccc(-c2cc(-c3ccccc3)nc(-c3ccc(-n4c5ccccc5c5ccc(-n6c7ccccc7c7ccccc76)cc54)c(-c4nc(-c5ccccc5)cc(-c5ccccc5)n4)c3)n2)cc1. The molecular weight excluding hydrogens is 829 g/mol. The Morgan fingerprint density at radius 1 is 0.250 bits per heavy atom. The lowest BCUT2D eigenvalue weighted by Gasteiger charge is -2.17. The van der Waals surface area contributed by atoms with Crippen LogP contribution in [-0.4, -0.2) is 29.1 Å². The zero-order valence-electron chi connectivity index (χ0n) is 36.8. The molecule has 0 saturated heterocycles. The van der Waals surface area contributed by atoms with Crippen LogP contribution in [0.25, 0.3) is 123 Å². The van der Waals surface area contributed by atoms with Crippen molar-refractivity contribution in [3.8, 4) is 79.2 Å². The van der Waals surface area contributed by atoms with E-state index in [1.807, 2.05) is 48.5 Å². The summed E-state index contributed by atoms with van der Waals surface area (Å²) in [6, 6.07) is 84.9. The first-order chi connectivity index (χ1) is 33.7. The maximum atomic E-state index is 5.45. The van der Waals surface area contributed by atoms with Crippen molar-refractivity contribution in [1.29, 1.82) is 0 Å². The first kappa shape index (κ1) is 39.1. The number of hydrogen-bond donors (Lipinski definition) is 0. The highest BCUT2D eigenvalue weighted by Gasteiger charge is 2.22. The molecule has 0 fully saturated rings. The van der Waals surface area contributed by atoms with Gasteiger partial charge in [0.25, 0.3) is 0 Å². The van der Waals surface area contributed by atoms with E-state index >= 15 is 0 Å². The third-order valence-corrected chi connectivity index (χ3v) is 13.0. The Bertz CT molecular complexity index is 3840. The van der Waals surface area contributed by atoms with Crippen LogP contribution in [0.3, 0.4) is 0 Å². The Morgan fingerprint density at radius 3 is 1.09 bits per heavy atom. The van der Waals surface area contributed by atoms with Gasteiger partial charge >= 0.3 is 0 Å². The molecule has 68 heavy (non-hydrogen) atoms. The summed E-state index contributed by atoms with van der Waals surface area (Å²) >= 11 is 0. The molecule has 4 heterocycles. The van der Waals surface area contributed by atoms with Gasteiger partial charge in [-0.2, -0.15) is 0 Å². The molecule has 0 saturated carbocycles. The third kappa shape index (κ3) is 6.74. The fourth-order valence-corrected chi connectivity index (χ4v) is 9.78. The molecule has 13 rings (SSSR count). The van der Waals surface area contributed by atoms with Crippen LogP contribution in [0.2, 0.25) is 0 Å². The van der Waals surface area contributed by atoms with Crippen LogP contribution in [-0.2, 0) is 0 Å². The Kier molecular flexibility index (Phi) is 9.39. The standard InChI is InChI=1S/C62H40N6/c1-5-19-41(20-6-1)52-39-53(42-21-7-2-8-22-42)64-61(63-52)45-33-36-59(51(37-45)62-65-54(43-23-9-3-10-24-43)40-55(66-62)44-25-11-4-12-26-44)68-58-32-18-15-29-49(58)50-35-34-46(38-60(50)68)67-56-30-16-13-27-47(56)48-28-14-17-31-57(48)67/h1-40H. The van der Waals surface area contributed by atoms with Gasteiger partial charge in [0, 0.05) is 60.6 Å². The molecule has 9 aromatic carbocycles. The molecule has 4 aromatic heterocycles. The zero-order valence-corrected chi connectivity index (χ0v) is 36.8. The minimum absolute atomic E-state index is 0.592. The Balaban J connectivity index is 1.11. The highest BCUT2D eigenvalue weighted by atomic mass is 15.0. The van der Waals surface area contributed by atoms with Gasteiger partial charge in [-0.15, -0.1) is 0 Å². The summed E-state index contributed by atoms with van der Waals surface area (Å²) in [5.74, 6) is 1.20. The zero-order chi connectivity index (χ0) is 45.0. The summed E-state index contributed by atoms with van der Waals surface area (Å²) in [5.41, 5.74) is 15.5. The molecule has 0 radical (unpaired) electrons. The average molecular weight is 869 g/mol. The molecule has 318 valence electrons. The van der Waals surface area contributed by atoms with Crippen molar-refractivity contribution in [2.45, 2.75) is 0 Å². The van der Waals surface area contributed by atoms with Crippen molar-refractivity contribution in [2.24, 2.45) is 0 Å². The van der Waals surface area contributed by atoms with Gasteiger partial charge in [-0.25, -0.2) is 19.9 Å². The first-order valence-corrected chi connectivity index (χ1v) is 22.9. The van der Waals surface area contributed by atoms with Crippen molar-refractivity contribution >= 4 is 43.6 Å². The lowest BCUT2D eigenvalue weighted by Crippen LogP contribution is -2.03. The van der Waals surface area contributed by atoms with E-state index < -0.39 is 0 Å².